The highest BCUT2D eigenvalue weighted by Gasteiger charge is 2.41. The lowest BCUT2D eigenvalue weighted by Crippen LogP contribution is -2.62. The molecule has 0 aromatic carbocycles. The molecule has 1 saturated carbocycles. The number of piperazine rings is 1. The van der Waals surface area contributed by atoms with Gasteiger partial charge in [0.2, 0.25) is 0 Å². The third kappa shape index (κ3) is 2.71. The number of nitrogens with one attached hydrogen (secondary N) is 1. The van der Waals surface area contributed by atoms with E-state index in [-0.39, 0.29) is 0 Å². The van der Waals surface area contributed by atoms with Gasteiger partial charge < -0.3 is 5.32 Å². The standard InChI is InChI=1S/C15H23ClN2S/c1-11-9-17-15(7-3-4-8-15)10-18(11)12(2)13-5-6-14(16)19-13/h5-6,11-12,17H,3-4,7-10H2,1-2H3. The van der Waals surface area contributed by atoms with Crippen molar-refractivity contribution in [3.63, 3.8) is 0 Å². The van der Waals surface area contributed by atoms with Crippen LogP contribution in [0.4, 0.5) is 0 Å². The minimum Gasteiger partial charge on any atom is -0.308 e. The Morgan fingerprint density at radius 3 is 2.79 bits per heavy atom. The Morgan fingerprint density at radius 1 is 1.42 bits per heavy atom. The maximum Gasteiger partial charge on any atom is 0.0931 e. The van der Waals surface area contributed by atoms with Gasteiger partial charge in [-0.3, -0.25) is 4.90 Å². The minimum absolute atomic E-state index is 0.391. The van der Waals surface area contributed by atoms with E-state index >= 15 is 0 Å². The van der Waals surface area contributed by atoms with Crippen LogP contribution in [-0.4, -0.2) is 29.6 Å². The van der Waals surface area contributed by atoms with Gasteiger partial charge in [0.1, 0.15) is 0 Å². The van der Waals surface area contributed by atoms with Crippen LogP contribution in [0.3, 0.4) is 0 Å². The van der Waals surface area contributed by atoms with E-state index in [0.717, 1.165) is 10.9 Å². The van der Waals surface area contributed by atoms with Crippen LogP contribution in [0.5, 0.6) is 0 Å². The van der Waals surface area contributed by atoms with E-state index in [1.807, 2.05) is 6.07 Å². The van der Waals surface area contributed by atoms with Crippen LogP contribution >= 0.6 is 22.9 Å². The Hall–Kier alpha value is -0.0900. The molecule has 2 heterocycles. The average Bonchev–Trinajstić information content (AvgIpc) is 3.02. The summed E-state index contributed by atoms with van der Waals surface area (Å²) < 4.78 is 0.903. The first-order valence-corrected chi connectivity index (χ1v) is 8.55. The first kappa shape index (κ1) is 13.9. The van der Waals surface area contributed by atoms with Crippen LogP contribution in [0.1, 0.15) is 50.4 Å². The molecule has 0 radical (unpaired) electrons. The summed E-state index contributed by atoms with van der Waals surface area (Å²) >= 11 is 7.81. The number of nitrogens with zero attached hydrogens (tertiary/aromatic N) is 1. The Kier molecular flexibility index (Phi) is 3.91. The number of rotatable bonds is 2. The second-order valence-electron chi connectivity index (χ2n) is 6.21. The molecule has 2 atom stereocenters. The molecule has 3 rings (SSSR count). The van der Waals surface area contributed by atoms with E-state index in [2.05, 4.69) is 30.1 Å². The Morgan fingerprint density at radius 2 is 2.16 bits per heavy atom. The molecule has 1 N–H and O–H groups in total. The monoisotopic (exact) mass is 298 g/mol. The highest BCUT2D eigenvalue weighted by atomic mass is 35.5. The first-order valence-electron chi connectivity index (χ1n) is 7.36. The predicted molar refractivity (Wildman–Crippen MR) is 83.1 cm³/mol. The fraction of sp³-hybridized carbons (Fsp3) is 0.733. The third-order valence-corrected chi connectivity index (χ3v) is 6.29. The molecule has 1 aromatic heterocycles. The molecule has 1 spiro atoms. The van der Waals surface area contributed by atoms with Gasteiger partial charge in [-0.1, -0.05) is 24.4 Å². The fourth-order valence-corrected chi connectivity index (χ4v) is 4.80. The first-order chi connectivity index (χ1) is 9.10. The molecule has 2 nitrogen and oxygen atoms in total. The van der Waals surface area contributed by atoms with Crippen molar-refractivity contribution in [1.29, 1.82) is 0 Å². The molecule has 1 aliphatic heterocycles. The van der Waals surface area contributed by atoms with Crippen molar-refractivity contribution in [3.8, 4) is 0 Å². The van der Waals surface area contributed by atoms with Gasteiger partial charge in [-0.25, -0.2) is 0 Å². The maximum absolute atomic E-state index is 6.09. The Balaban J connectivity index is 1.77. The van der Waals surface area contributed by atoms with Gasteiger partial charge in [0.15, 0.2) is 0 Å². The molecule has 0 amide bonds. The van der Waals surface area contributed by atoms with Crippen LogP contribution in [0.2, 0.25) is 4.34 Å². The van der Waals surface area contributed by atoms with Crippen LogP contribution < -0.4 is 5.32 Å². The largest absolute Gasteiger partial charge is 0.308 e. The zero-order valence-electron chi connectivity index (χ0n) is 11.8. The topological polar surface area (TPSA) is 15.3 Å². The van der Waals surface area contributed by atoms with E-state index in [4.69, 9.17) is 11.6 Å². The van der Waals surface area contributed by atoms with Gasteiger partial charge in [0.05, 0.1) is 4.34 Å². The molecule has 2 fully saturated rings. The minimum atomic E-state index is 0.391. The molecule has 1 aliphatic carbocycles. The quantitative estimate of drug-likeness (QED) is 0.885. The van der Waals surface area contributed by atoms with Crippen molar-refractivity contribution in [3.05, 3.63) is 21.3 Å². The van der Waals surface area contributed by atoms with Gasteiger partial charge >= 0.3 is 0 Å². The van der Waals surface area contributed by atoms with Gasteiger partial charge in [0, 0.05) is 35.6 Å². The zero-order chi connectivity index (χ0) is 13.5. The summed E-state index contributed by atoms with van der Waals surface area (Å²) in [6, 6.07) is 5.29. The molecular weight excluding hydrogens is 276 g/mol. The van der Waals surface area contributed by atoms with Crippen molar-refractivity contribution in [1.82, 2.24) is 10.2 Å². The van der Waals surface area contributed by atoms with Crippen LogP contribution in [0.15, 0.2) is 12.1 Å². The predicted octanol–water partition coefficient (Wildman–Crippen LogP) is 4.07. The van der Waals surface area contributed by atoms with Gasteiger partial charge in [-0.2, -0.15) is 0 Å². The fourth-order valence-electron chi connectivity index (χ4n) is 3.66. The molecule has 0 bridgehead atoms. The van der Waals surface area contributed by atoms with Crippen molar-refractivity contribution in [2.75, 3.05) is 13.1 Å². The lowest BCUT2D eigenvalue weighted by Gasteiger charge is -2.47. The molecule has 2 unspecified atom stereocenters. The summed E-state index contributed by atoms with van der Waals surface area (Å²) in [6.45, 7) is 6.96. The molecule has 2 aliphatic rings. The molecular formula is C15H23ClN2S. The van der Waals surface area contributed by atoms with Crippen molar-refractivity contribution in [2.24, 2.45) is 0 Å². The highest BCUT2D eigenvalue weighted by molar-refractivity contribution is 7.16. The van der Waals surface area contributed by atoms with E-state index in [9.17, 15) is 0 Å². The van der Waals surface area contributed by atoms with Crippen LogP contribution in [0, 0.1) is 0 Å². The molecule has 1 saturated heterocycles. The SMILES string of the molecule is CC1CNC2(CCCC2)CN1C(C)c1ccc(Cl)s1. The smallest absolute Gasteiger partial charge is 0.0931 e. The van der Waals surface area contributed by atoms with Crippen molar-refractivity contribution >= 4 is 22.9 Å². The molecule has 1 aromatic rings. The van der Waals surface area contributed by atoms with Crippen molar-refractivity contribution in [2.45, 2.75) is 57.2 Å². The van der Waals surface area contributed by atoms with E-state index in [0.29, 0.717) is 17.6 Å². The number of halogens is 1. The van der Waals surface area contributed by atoms with E-state index in [1.54, 1.807) is 11.3 Å². The summed E-state index contributed by atoms with van der Waals surface area (Å²) in [4.78, 5) is 4.07. The van der Waals surface area contributed by atoms with Crippen LogP contribution in [0.25, 0.3) is 0 Å². The highest BCUT2D eigenvalue weighted by Crippen LogP contribution is 2.38. The summed E-state index contributed by atoms with van der Waals surface area (Å²) in [5.41, 5.74) is 0.391. The second-order valence-corrected chi connectivity index (χ2v) is 7.95. The second kappa shape index (κ2) is 5.36. The van der Waals surface area contributed by atoms with Crippen LogP contribution in [-0.2, 0) is 0 Å². The van der Waals surface area contributed by atoms with Gasteiger partial charge in [0.25, 0.3) is 0 Å². The normalized spacial score (nSPS) is 28.9. The lowest BCUT2D eigenvalue weighted by molar-refractivity contribution is 0.0575. The maximum atomic E-state index is 6.09. The Labute approximate surface area is 125 Å². The summed E-state index contributed by atoms with van der Waals surface area (Å²) in [7, 11) is 0. The molecule has 19 heavy (non-hydrogen) atoms. The third-order valence-electron chi connectivity index (χ3n) is 4.89. The number of hydrogen-bond acceptors (Lipinski definition) is 3. The van der Waals surface area contributed by atoms with E-state index in [1.165, 1.54) is 37.1 Å². The van der Waals surface area contributed by atoms with E-state index < -0.39 is 0 Å². The van der Waals surface area contributed by atoms with Crippen molar-refractivity contribution < 1.29 is 0 Å². The van der Waals surface area contributed by atoms with Gasteiger partial charge in [-0.05, 0) is 38.8 Å². The number of hydrogen-bond donors (Lipinski definition) is 1. The molecule has 4 heteroatoms. The molecule has 106 valence electrons. The summed E-state index contributed by atoms with van der Waals surface area (Å²) in [6.07, 6.45) is 5.45. The lowest BCUT2D eigenvalue weighted by atomic mass is 9.91. The average molecular weight is 299 g/mol. The number of thiophene rings is 1. The summed E-state index contributed by atoms with van der Waals surface area (Å²) in [5, 5.41) is 3.82. The zero-order valence-corrected chi connectivity index (χ0v) is 13.4. The van der Waals surface area contributed by atoms with Gasteiger partial charge in [-0.15, -0.1) is 11.3 Å². The summed E-state index contributed by atoms with van der Waals surface area (Å²) in [5.74, 6) is 0. The Bertz CT molecular complexity index is 439.